The van der Waals surface area contributed by atoms with Gasteiger partial charge in [-0.15, -0.1) is 0 Å². The molecule has 2 amide bonds. The first-order valence-electron chi connectivity index (χ1n) is 45.9. The number of rotatable bonds is 45. The third-order valence-corrected chi connectivity index (χ3v) is 27.6. The number of amides is 2. The van der Waals surface area contributed by atoms with Crippen molar-refractivity contribution in [2.75, 3.05) is 81.0 Å². The standard InChI is InChI=1S/C29H35FN2O7S.C27H31FN2O7S.2C24H27FN2O5S/c1-29(2,3)39-28(35)31(4)18-21-16-27(25-13-5-6-14-26(25)30)32(19-21)40(36,37)24-12-9-11-23(17-24)38-20-22(34)10-7-8-15-33;1-6-35-25(31)18-36-20-10-9-11-21(15-20)38(33,34)30-17-19(16-29(5)26(32)37-27(2,3)4)14-24(30)22-12-7-8-13-23(22)28;2*1-26-15-18-13-24(22-10-2-3-11-23(22)25)27(16-18)33(30,31)21-9-6-8-20(14-21)32-17-19(29)7-4-5-12-28/h5-6,9,11-14,16-17,19,33H,7-8,10,15,18,20H2,1-4H3;7-15,17H,6,16,18H2,1-5H3;2*2-3,6,8-11,13-14,16,26,28H,4-5,7,12,15,17H2,1H3. The van der Waals surface area contributed by atoms with Crippen LogP contribution in [0.5, 0.6) is 23.0 Å². The molecule has 4 aromatic heterocycles. The van der Waals surface area contributed by atoms with E-state index in [-0.39, 0.29) is 190 Å². The highest BCUT2D eigenvalue weighted by Gasteiger charge is 2.32. The fourth-order valence-corrected chi connectivity index (χ4v) is 19.8. The Bertz CT molecular complexity index is 6700. The van der Waals surface area contributed by atoms with E-state index in [0.717, 1.165) is 15.9 Å². The number of aliphatic hydroxyl groups excluding tert-OH is 3. The lowest BCUT2D eigenvalue weighted by Gasteiger charge is -2.24. The molecule has 0 saturated heterocycles. The minimum Gasteiger partial charge on any atom is -0.486 e. The molecule has 0 fully saturated rings. The first kappa shape index (κ1) is 114. The number of ketones is 3. The highest BCUT2D eigenvalue weighted by Crippen LogP contribution is 2.37. The van der Waals surface area contributed by atoms with Crippen molar-refractivity contribution >= 4 is 75.6 Å². The van der Waals surface area contributed by atoms with Crippen LogP contribution in [0.25, 0.3) is 45.0 Å². The highest BCUT2D eigenvalue weighted by molar-refractivity contribution is 7.91. The number of aromatic nitrogens is 4. The molecule has 144 heavy (non-hydrogen) atoms. The van der Waals surface area contributed by atoms with Crippen molar-refractivity contribution in [2.24, 2.45) is 0 Å². The van der Waals surface area contributed by atoms with E-state index in [9.17, 15) is 80.0 Å². The van der Waals surface area contributed by atoms with Gasteiger partial charge in [0.1, 0.15) is 77.3 Å². The molecule has 0 aliphatic rings. The van der Waals surface area contributed by atoms with Crippen LogP contribution in [0, 0.1) is 23.3 Å². The summed E-state index contributed by atoms with van der Waals surface area (Å²) in [5.74, 6) is -2.52. The molecule has 772 valence electrons. The lowest BCUT2D eigenvalue weighted by molar-refractivity contribution is -0.145. The summed E-state index contributed by atoms with van der Waals surface area (Å²) in [6.45, 7) is 12.2. The van der Waals surface area contributed by atoms with Gasteiger partial charge in [0.2, 0.25) is 0 Å². The summed E-state index contributed by atoms with van der Waals surface area (Å²) >= 11 is 0. The number of halogens is 4. The molecule has 5 N–H and O–H groups in total. The molecule has 12 rings (SSSR count). The zero-order valence-electron chi connectivity index (χ0n) is 81.7. The van der Waals surface area contributed by atoms with Crippen molar-refractivity contribution < 1.29 is 128 Å². The molecule has 0 aliphatic carbocycles. The number of carbonyl (C=O) groups is 6. The van der Waals surface area contributed by atoms with Gasteiger partial charge in [-0.05, 0) is 245 Å². The number of hydrogen-bond acceptors (Lipinski definition) is 26. The Hall–Kier alpha value is -13.6. The van der Waals surface area contributed by atoms with Crippen LogP contribution < -0.4 is 29.6 Å². The van der Waals surface area contributed by atoms with Gasteiger partial charge in [-0.3, -0.25) is 14.4 Å². The Balaban J connectivity index is 0.000000215. The molecule has 32 nitrogen and oxygen atoms in total. The number of benzene rings is 8. The van der Waals surface area contributed by atoms with Gasteiger partial charge in [-0.2, -0.15) is 0 Å². The van der Waals surface area contributed by atoms with Gasteiger partial charge < -0.3 is 68.9 Å². The summed E-state index contributed by atoms with van der Waals surface area (Å²) in [5.41, 5.74) is 1.88. The second-order valence-electron chi connectivity index (χ2n) is 34.8. The molecule has 40 heteroatoms. The van der Waals surface area contributed by atoms with Crippen molar-refractivity contribution in [1.29, 1.82) is 0 Å². The van der Waals surface area contributed by atoms with E-state index < -0.39 is 92.7 Å². The molecule has 0 bridgehead atoms. The summed E-state index contributed by atoms with van der Waals surface area (Å²) < 4.78 is 209. The van der Waals surface area contributed by atoms with Gasteiger partial charge >= 0.3 is 18.2 Å². The Kier molecular flexibility index (Phi) is 42.1. The van der Waals surface area contributed by atoms with Gasteiger partial charge in [0.25, 0.3) is 40.1 Å². The maximum Gasteiger partial charge on any atom is 0.410 e. The third kappa shape index (κ3) is 32.7. The molecule has 0 unspecified atom stereocenters. The van der Waals surface area contributed by atoms with Crippen LogP contribution in [-0.4, -0.2) is 202 Å². The SMILES string of the molecule is CCOC(=O)COc1cccc(S(=O)(=O)n2cc(CN(C)C(=O)OC(C)(C)C)cc2-c2ccccc2F)c1.CN(Cc1cc(-c2ccccc2F)n(S(=O)(=O)c2cccc(OCC(=O)CCCCO)c2)c1)C(=O)OC(C)(C)C.CNCc1cc(-c2ccccc2F)n(S(=O)(=O)c2cccc(OCC(=O)CCCCO)c2)c1.CNCc1cc(-c2ccccc2F)n(S(=O)(=O)c2cccc(OCC(=O)CCCCO)c2)c1. The molecule has 0 spiro atoms. The van der Waals surface area contributed by atoms with Gasteiger partial charge in [-0.1, -0.05) is 72.8 Å². The number of unbranched alkanes of at least 4 members (excludes halogenated alkanes) is 3. The lowest BCUT2D eigenvalue weighted by Crippen LogP contribution is -2.33. The number of esters is 1. The van der Waals surface area contributed by atoms with E-state index in [1.165, 1.54) is 206 Å². The van der Waals surface area contributed by atoms with Crippen LogP contribution in [0.1, 0.15) is 129 Å². The van der Waals surface area contributed by atoms with Crippen molar-refractivity contribution in [3.8, 4) is 68.0 Å². The van der Waals surface area contributed by atoms with E-state index in [0.29, 0.717) is 73.9 Å². The zero-order chi connectivity index (χ0) is 105. The Morgan fingerprint density at radius 1 is 0.347 bits per heavy atom. The third-order valence-electron chi connectivity index (χ3n) is 20.9. The summed E-state index contributed by atoms with van der Waals surface area (Å²) in [6.07, 6.45) is 8.48. The van der Waals surface area contributed by atoms with Crippen LogP contribution in [-0.2, 0) is 99.7 Å². The van der Waals surface area contributed by atoms with Gasteiger partial charge in [0.05, 0.1) is 62.1 Å². The van der Waals surface area contributed by atoms with Crippen molar-refractivity contribution in [1.82, 2.24) is 36.3 Å². The molecular weight excluding hydrogens is 1950 g/mol. The van der Waals surface area contributed by atoms with Crippen molar-refractivity contribution in [3.63, 3.8) is 0 Å². The fourth-order valence-electron chi connectivity index (χ4n) is 14.1. The maximum absolute atomic E-state index is 14.8. The number of Topliss-reactive ketones (excluding diaryl/α,β-unsaturated/α-hetero) is 3. The summed E-state index contributed by atoms with van der Waals surface area (Å²) in [7, 11) is -10.2. The smallest absolute Gasteiger partial charge is 0.410 e. The maximum atomic E-state index is 14.8. The number of carbonyl (C=O) groups excluding carboxylic acids is 6. The predicted molar refractivity (Wildman–Crippen MR) is 533 cm³/mol. The molecule has 0 saturated carbocycles. The molecule has 0 radical (unpaired) electrons. The van der Waals surface area contributed by atoms with Gasteiger partial charge in [0.15, 0.2) is 24.0 Å². The number of aliphatic hydroxyl groups is 3. The van der Waals surface area contributed by atoms with E-state index in [1.54, 1.807) is 123 Å². The van der Waals surface area contributed by atoms with E-state index in [4.69, 9.17) is 48.5 Å². The average molecular weight is 2070 g/mol. The second kappa shape index (κ2) is 53.1. The predicted octanol–water partition coefficient (Wildman–Crippen LogP) is 16.6. The Morgan fingerprint density at radius 2 is 0.597 bits per heavy atom. The largest absolute Gasteiger partial charge is 0.486 e. The lowest BCUT2D eigenvalue weighted by atomic mass is 10.1. The van der Waals surface area contributed by atoms with Crippen LogP contribution in [0.15, 0.2) is 263 Å². The van der Waals surface area contributed by atoms with Crippen LogP contribution in [0.3, 0.4) is 0 Å². The highest BCUT2D eigenvalue weighted by atomic mass is 32.2. The number of ether oxygens (including phenoxy) is 7. The van der Waals surface area contributed by atoms with Crippen LogP contribution >= 0.6 is 0 Å². The molecule has 4 heterocycles. The number of nitrogens with zero attached hydrogens (tertiary/aromatic N) is 6. The minimum absolute atomic E-state index is 0.00130. The summed E-state index contributed by atoms with van der Waals surface area (Å²) in [4.78, 5) is 74.7. The molecule has 0 atom stereocenters. The topological polar surface area (TPSA) is 415 Å². The van der Waals surface area contributed by atoms with Gasteiger partial charge in [-0.25, -0.2) is 81.5 Å². The van der Waals surface area contributed by atoms with Crippen molar-refractivity contribution in [2.45, 2.75) is 163 Å². The normalized spacial score (nSPS) is 11.6. The molecule has 12 aromatic rings. The Labute approximate surface area is 836 Å². The first-order valence-corrected chi connectivity index (χ1v) is 51.6. The summed E-state index contributed by atoms with van der Waals surface area (Å²) in [6, 6.07) is 53.0. The Morgan fingerprint density at radius 3 is 0.840 bits per heavy atom. The van der Waals surface area contributed by atoms with Crippen molar-refractivity contribution in [3.05, 3.63) is 289 Å². The second-order valence-corrected chi connectivity index (χ2v) is 42.1. The summed E-state index contributed by atoms with van der Waals surface area (Å²) in [5, 5.41) is 32.4. The average Bonchev–Trinajstić information content (AvgIpc) is 1.59. The molecular formula is C104H120F4N8O24S4. The first-order chi connectivity index (χ1) is 68.3. The number of hydrogen-bond donors (Lipinski definition) is 5. The minimum atomic E-state index is -4.25. The number of nitrogens with one attached hydrogen (secondary N) is 2. The van der Waals surface area contributed by atoms with Crippen LogP contribution in [0.2, 0.25) is 0 Å². The van der Waals surface area contributed by atoms with E-state index >= 15 is 0 Å². The van der Waals surface area contributed by atoms with E-state index in [2.05, 4.69) is 10.6 Å². The zero-order valence-corrected chi connectivity index (χ0v) is 85.0. The van der Waals surface area contributed by atoms with E-state index in [1.807, 2.05) is 0 Å². The van der Waals surface area contributed by atoms with Crippen LogP contribution in [0.4, 0.5) is 27.2 Å². The molecule has 0 aliphatic heterocycles. The van der Waals surface area contributed by atoms with Gasteiger partial charge in [0, 0.05) is 138 Å². The fraction of sp³-hybridized carbons (Fsp3) is 0.327. The molecule has 8 aromatic carbocycles. The monoisotopic (exact) mass is 2070 g/mol. The quantitative estimate of drug-likeness (QED) is 0.0102.